The van der Waals surface area contributed by atoms with Crippen molar-refractivity contribution in [2.45, 2.75) is 49.9 Å². The van der Waals surface area contributed by atoms with Crippen molar-refractivity contribution in [2.24, 2.45) is 0 Å². The Labute approximate surface area is 217 Å². The van der Waals surface area contributed by atoms with E-state index in [0.29, 0.717) is 24.2 Å². The number of aliphatic carboxylic acids is 1. The van der Waals surface area contributed by atoms with Gasteiger partial charge in [0.15, 0.2) is 0 Å². The first kappa shape index (κ1) is 26.8. The third-order valence-electron chi connectivity index (χ3n) is 6.52. The highest BCUT2D eigenvalue weighted by Gasteiger charge is 2.32. The summed E-state index contributed by atoms with van der Waals surface area (Å²) in [5, 5.41) is 31.0. The molecule has 0 aliphatic carbocycles. The Morgan fingerprint density at radius 2 is 1.76 bits per heavy atom. The quantitative estimate of drug-likeness (QED) is 0.146. The first-order chi connectivity index (χ1) is 18.4. The molecule has 4 unspecified atom stereocenters. The zero-order valence-corrected chi connectivity index (χ0v) is 20.6. The number of carbonyl (C=O) groups is 4. The van der Waals surface area contributed by atoms with Crippen molar-refractivity contribution >= 4 is 34.6 Å². The number of aromatic amines is 2. The molecule has 13 heteroatoms. The van der Waals surface area contributed by atoms with Gasteiger partial charge in [-0.3, -0.25) is 14.4 Å². The highest BCUT2D eigenvalue weighted by atomic mass is 16.4. The topological polar surface area (TPSA) is 201 Å². The van der Waals surface area contributed by atoms with Crippen molar-refractivity contribution in [1.82, 2.24) is 36.2 Å². The van der Waals surface area contributed by atoms with E-state index >= 15 is 0 Å². The largest absolute Gasteiger partial charge is 0.480 e. The second-order valence-electron chi connectivity index (χ2n) is 9.20. The number of para-hydroxylation sites is 1. The van der Waals surface area contributed by atoms with E-state index < -0.39 is 54.5 Å². The van der Waals surface area contributed by atoms with Gasteiger partial charge in [-0.2, -0.15) is 0 Å². The summed E-state index contributed by atoms with van der Waals surface area (Å²) in [6, 6.07) is 3.19. The molecule has 1 aromatic carbocycles. The lowest BCUT2D eigenvalue weighted by Gasteiger charge is -2.24. The summed E-state index contributed by atoms with van der Waals surface area (Å²) in [7, 11) is 0. The molecule has 4 atom stereocenters. The Bertz CT molecular complexity index is 1270. The predicted octanol–water partition coefficient (Wildman–Crippen LogP) is -1.04. The molecular formula is C25H31N7O6. The van der Waals surface area contributed by atoms with Gasteiger partial charge in [-0.1, -0.05) is 18.2 Å². The smallest absolute Gasteiger partial charge is 0.326 e. The molecular weight excluding hydrogens is 494 g/mol. The van der Waals surface area contributed by atoms with Crippen molar-refractivity contribution in [3.63, 3.8) is 0 Å². The molecule has 0 saturated carbocycles. The van der Waals surface area contributed by atoms with Crippen LogP contribution in [-0.2, 0) is 32.0 Å². The summed E-state index contributed by atoms with van der Waals surface area (Å²) < 4.78 is 0. The van der Waals surface area contributed by atoms with Gasteiger partial charge in [-0.25, -0.2) is 9.78 Å². The summed E-state index contributed by atoms with van der Waals surface area (Å²) in [5.41, 5.74) is 2.08. The minimum atomic E-state index is -1.29. The molecule has 0 radical (unpaired) electrons. The number of hydrogen-bond donors (Lipinski definition) is 8. The van der Waals surface area contributed by atoms with Gasteiger partial charge in [-0.15, -0.1) is 0 Å². The van der Waals surface area contributed by atoms with E-state index in [1.54, 1.807) is 6.20 Å². The molecule has 8 N–H and O–H groups in total. The lowest BCUT2D eigenvalue weighted by atomic mass is 10.0. The summed E-state index contributed by atoms with van der Waals surface area (Å²) in [6.45, 7) is 0.00476. The molecule has 1 saturated heterocycles. The van der Waals surface area contributed by atoms with Gasteiger partial charge in [0.05, 0.1) is 19.0 Å². The summed E-state index contributed by atoms with van der Waals surface area (Å²) in [5.74, 6) is -3.17. The maximum Gasteiger partial charge on any atom is 0.326 e. The van der Waals surface area contributed by atoms with Crippen LogP contribution < -0.4 is 21.3 Å². The molecule has 0 spiro atoms. The van der Waals surface area contributed by atoms with E-state index in [4.69, 9.17) is 0 Å². The van der Waals surface area contributed by atoms with Gasteiger partial charge >= 0.3 is 5.97 Å². The number of nitrogens with zero attached hydrogens (tertiary/aromatic N) is 1. The SMILES string of the molecule is O=C(O)C(Cc1c[nH]c2ccccc12)NC(=O)C(Cc1cnc[nH]1)NC(=O)C(CO)NC(=O)C1CCCN1. The standard InChI is InChI=1S/C25H31N7O6/c33-12-21(32-22(34)18-6-3-7-27-18)24(36)30-19(9-15-11-26-13-29-15)23(35)31-20(25(37)38)8-14-10-28-17-5-2-1-4-16(14)17/h1-2,4-5,10-11,13,18-21,27-28,33H,3,6-9,12H2,(H,26,29)(H,30,36)(H,31,35)(H,32,34)(H,37,38). The maximum atomic E-state index is 13.3. The van der Waals surface area contributed by atoms with Crippen LogP contribution in [0.2, 0.25) is 0 Å². The monoisotopic (exact) mass is 525 g/mol. The fourth-order valence-electron chi connectivity index (χ4n) is 4.47. The number of rotatable bonds is 12. The van der Waals surface area contributed by atoms with Gasteiger partial charge in [-0.05, 0) is 31.0 Å². The number of hydrogen-bond acceptors (Lipinski definition) is 7. The molecule has 13 nitrogen and oxygen atoms in total. The Morgan fingerprint density at radius 3 is 2.45 bits per heavy atom. The van der Waals surface area contributed by atoms with E-state index in [9.17, 15) is 29.4 Å². The number of aliphatic hydroxyl groups excluding tert-OH is 1. The molecule has 3 heterocycles. The molecule has 3 aromatic rings. The molecule has 38 heavy (non-hydrogen) atoms. The second kappa shape index (κ2) is 12.3. The van der Waals surface area contributed by atoms with Crippen molar-refractivity contribution in [3.8, 4) is 0 Å². The van der Waals surface area contributed by atoms with Gasteiger partial charge in [0, 0.05) is 41.8 Å². The highest BCUT2D eigenvalue weighted by Crippen LogP contribution is 2.19. The van der Waals surface area contributed by atoms with Crippen LogP contribution in [-0.4, -0.2) is 86.2 Å². The van der Waals surface area contributed by atoms with Crippen molar-refractivity contribution in [3.05, 3.63) is 54.2 Å². The van der Waals surface area contributed by atoms with Crippen LogP contribution in [0.4, 0.5) is 0 Å². The normalized spacial score (nSPS) is 17.4. The summed E-state index contributed by atoms with van der Waals surface area (Å²) >= 11 is 0. The van der Waals surface area contributed by atoms with Crippen LogP contribution in [0.1, 0.15) is 24.1 Å². The zero-order valence-electron chi connectivity index (χ0n) is 20.6. The van der Waals surface area contributed by atoms with Crippen LogP contribution in [0.3, 0.4) is 0 Å². The third kappa shape index (κ3) is 6.55. The molecule has 202 valence electrons. The Hall–Kier alpha value is -4.23. The van der Waals surface area contributed by atoms with Gasteiger partial charge in [0.25, 0.3) is 0 Å². The van der Waals surface area contributed by atoms with Crippen LogP contribution in [0.5, 0.6) is 0 Å². The Morgan fingerprint density at radius 1 is 1.00 bits per heavy atom. The highest BCUT2D eigenvalue weighted by molar-refractivity contribution is 5.94. The number of nitrogens with one attached hydrogen (secondary N) is 6. The first-order valence-corrected chi connectivity index (χ1v) is 12.4. The summed E-state index contributed by atoms with van der Waals surface area (Å²) in [6.07, 6.45) is 6.02. The maximum absolute atomic E-state index is 13.3. The molecule has 2 aromatic heterocycles. The van der Waals surface area contributed by atoms with Crippen LogP contribution in [0.15, 0.2) is 43.0 Å². The van der Waals surface area contributed by atoms with E-state index in [2.05, 4.69) is 36.2 Å². The number of carbonyl (C=O) groups excluding carboxylic acids is 3. The molecule has 0 bridgehead atoms. The number of amides is 3. The number of fused-ring (bicyclic) bond motifs is 1. The average Bonchev–Trinajstić information content (AvgIpc) is 3.69. The molecule has 1 fully saturated rings. The number of carboxylic acids is 1. The van der Waals surface area contributed by atoms with Crippen LogP contribution in [0.25, 0.3) is 10.9 Å². The minimum Gasteiger partial charge on any atom is -0.480 e. The first-order valence-electron chi connectivity index (χ1n) is 12.4. The number of aromatic nitrogens is 3. The fraction of sp³-hybridized carbons (Fsp3) is 0.400. The second-order valence-corrected chi connectivity index (χ2v) is 9.20. The summed E-state index contributed by atoms with van der Waals surface area (Å²) in [4.78, 5) is 60.5. The Kier molecular flexibility index (Phi) is 8.71. The van der Waals surface area contributed by atoms with Gasteiger partial charge in [0.1, 0.15) is 18.1 Å². The third-order valence-corrected chi connectivity index (χ3v) is 6.52. The number of imidazole rings is 1. The van der Waals surface area contributed by atoms with Crippen molar-refractivity contribution in [2.75, 3.05) is 13.2 Å². The molecule has 4 rings (SSSR count). The van der Waals surface area contributed by atoms with Crippen LogP contribution in [0, 0.1) is 0 Å². The van der Waals surface area contributed by atoms with Gasteiger partial charge < -0.3 is 41.4 Å². The van der Waals surface area contributed by atoms with Gasteiger partial charge in [0.2, 0.25) is 17.7 Å². The number of aliphatic hydroxyl groups is 1. The van der Waals surface area contributed by atoms with Crippen LogP contribution >= 0.6 is 0 Å². The predicted molar refractivity (Wildman–Crippen MR) is 136 cm³/mol. The van der Waals surface area contributed by atoms with E-state index in [-0.39, 0.29) is 12.8 Å². The Balaban J connectivity index is 1.46. The average molecular weight is 526 g/mol. The molecule has 3 amide bonds. The zero-order chi connectivity index (χ0) is 27.1. The number of carboxylic acid groups (broad SMARTS) is 1. The minimum absolute atomic E-state index is 0.0134. The molecule has 1 aliphatic rings. The number of H-pyrrole nitrogens is 2. The fourth-order valence-corrected chi connectivity index (χ4v) is 4.47. The van der Waals surface area contributed by atoms with Crippen molar-refractivity contribution < 1.29 is 29.4 Å². The number of benzene rings is 1. The van der Waals surface area contributed by atoms with Crippen molar-refractivity contribution in [1.29, 1.82) is 0 Å². The van der Waals surface area contributed by atoms with E-state index in [1.165, 1.54) is 12.5 Å². The lowest BCUT2D eigenvalue weighted by Crippen LogP contribution is -2.58. The van der Waals surface area contributed by atoms with E-state index in [0.717, 1.165) is 17.3 Å². The lowest BCUT2D eigenvalue weighted by molar-refractivity contribution is -0.142. The van der Waals surface area contributed by atoms with E-state index in [1.807, 2.05) is 24.3 Å². The molecule has 1 aliphatic heterocycles.